The second-order valence-electron chi connectivity index (χ2n) is 5.60. The van der Waals surface area contributed by atoms with Gasteiger partial charge in [-0.3, -0.25) is 5.41 Å². The molecule has 1 fully saturated rings. The molecule has 1 aliphatic rings. The van der Waals surface area contributed by atoms with Crippen molar-refractivity contribution in [2.45, 2.75) is 26.0 Å². The van der Waals surface area contributed by atoms with Crippen molar-refractivity contribution in [1.29, 1.82) is 5.41 Å². The lowest BCUT2D eigenvalue weighted by atomic mass is 10.1. The molecule has 1 aromatic heterocycles. The molecule has 110 valence electrons. The van der Waals surface area contributed by atoms with E-state index in [1.807, 2.05) is 30.3 Å². The Hall–Kier alpha value is -2.14. The van der Waals surface area contributed by atoms with Gasteiger partial charge in [-0.25, -0.2) is 4.98 Å². The largest absolute Gasteiger partial charge is 0.384 e. The molecular weight excluding hydrogens is 264 g/mol. The number of hydrogen-bond donors (Lipinski definition) is 2. The number of nitrogens with two attached hydrogens (primary N) is 1. The highest BCUT2D eigenvalue weighted by Gasteiger charge is 2.25. The Morgan fingerprint density at radius 2 is 2.14 bits per heavy atom. The van der Waals surface area contributed by atoms with Crippen LogP contribution in [-0.2, 0) is 4.74 Å². The standard InChI is InChI=1S/C16H20N4O/c1-10-9-21-11(2)8-20(10)15-7-13(16(17)18)12-5-3-4-6-14(12)19-15/h3-7,10-11H,8-9H2,1-2H3,(H3,17,18). The molecule has 2 heterocycles. The molecular formula is C16H20N4O. The number of amidine groups is 1. The summed E-state index contributed by atoms with van der Waals surface area (Å²) in [6, 6.07) is 9.98. The van der Waals surface area contributed by atoms with Crippen molar-refractivity contribution in [2.24, 2.45) is 5.73 Å². The number of benzene rings is 1. The van der Waals surface area contributed by atoms with Gasteiger partial charge in [0.15, 0.2) is 0 Å². The van der Waals surface area contributed by atoms with Crippen LogP contribution in [0, 0.1) is 5.41 Å². The molecule has 1 aliphatic heterocycles. The topological polar surface area (TPSA) is 75.2 Å². The maximum Gasteiger partial charge on any atom is 0.130 e. The van der Waals surface area contributed by atoms with Crippen LogP contribution in [0.4, 0.5) is 5.82 Å². The molecule has 1 aromatic carbocycles. The van der Waals surface area contributed by atoms with Gasteiger partial charge in [-0.2, -0.15) is 0 Å². The van der Waals surface area contributed by atoms with E-state index in [0.29, 0.717) is 6.61 Å². The summed E-state index contributed by atoms with van der Waals surface area (Å²) >= 11 is 0. The first kappa shape index (κ1) is 13.8. The number of fused-ring (bicyclic) bond motifs is 1. The monoisotopic (exact) mass is 284 g/mol. The van der Waals surface area contributed by atoms with Crippen molar-refractivity contribution >= 4 is 22.6 Å². The highest BCUT2D eigenvalue weighted by atomic mass is 16.5. The van der Waals surface area contributed by atoms with Crippen LogP contribution >= 0.6 is 0 Å². The van der Waals surface area contributed by atoms with Gasteiger partial charge in [-0.1, -0.05) is 18.2 Å². The molecule has 0 aliphatic carbocycles. The van der Waals surface area contributed by atoms with Crippen LogP contribution in [-0.4, -0.2) is 36.1 Å². The number of nitrogens with one attached hydrogen (secondary N) is 1. The van der Waals surface area contributed by atoms with Crippen LogP contribution in [0.1, 0.15) is 19.4 Å². The first-order chi connectivity index (χ1) is 10.1. The fourth-order valence-corrected chi connectivity index (χ4v) is 2.75. The van der Waals surface area contributed by atoms with Crippen molar-refractivity contribution < 1.29 is 4.74 Å². The van der Waals surface area contributed by atoms with E-state index >= 15 is 0 Å². The summed E-state index contributed by atoms with van der Waals surface area (Å²) in [4.78, 5) is 6.97. The fraction of sp³-hybridized carbons (Fsp3) is 0.375. The van der Waals surface area contributed by atoms with E-state index in [1.165, 1.54) is 0 Å². The lowest BCUT2D eigenvalue weighted by molar-refractivity contribution is 0.0341. The first-order valence-corrected chi connectivity index (χ1v) is 7.18. The molecule has 3 rings (SSSR count). The number of rotatable bonds is 2. The van der Waals surface area contributed by atoms with Crippen molar-refractivity contribution in [3.63, 3.8) is 0 Å². The van der Waals surface area contributed by atoms with Crippen LogP contribution in [0.25, 0.3) is 10.9 Å². The summed E-state index contributed by atoms with van der Waals surface area (Å²) in [7, 11) is 0. The average molecular weight is 284 g/mol. The lowest BCUT2D eigenvalue weighted by Crippen LogP contribution is -2.47. The van der Waals surface area contributed by atoms with Gasteiger partial charge >= 0.3 is 0 Å². The summed E-state index contributed by atoms with van der Waals surface area (Å²) in [5.74, 6) is 0.936. The number of morpholine rings is 1. The summed E-state index contributed by atoms with van der Waals surface area (Å²) in [6.45, 7) is 5.66. The molecule has 2 unspecified atom stereocenters. The van der Waals surface area contributed by atoms with Gasteiger partial charge in [0.1, 0.15) is 11.7 Å². The SMILES string of the molecule is CC1CN(c2cc(C(=N)N)c3ccccc3n2)C(C)CO1. The third-order valence-corrected chi connectivity index (χ3v) is 3.89. The molecule has 0 saturated carbocycles. The maximum absolute atomic E-state index is 7.82. The van der Waals surface area contributed by atoms with E-state index in [0.717, 1.165) is 28.8 Å². The summed E-state index contributed by atoms with van der Waals surface area (Å²) in [5.41, 5.74) is 7.36. The number of hydrogen-bond acceptors (Lipinski definition) is 4. The van der Waals surface area contributed by atoms with Gasteiger partial charge in [-0.15, -0.1) is 0 Å². The van der Waals surface area contributed by atoms with Crippen LogP contribution in [0.5, 0.6) is 0 Å². The molecule has 5 nitrogen and oxygen atoms in total. The number of ether oxygens (including phenoxy) is 1. The van der Waals surface area contributed by atoms with Gasteiger partial charge in [0.05, 0.1) is 24.3 Å². The minimum Gasteiger partial charge on any atom is -0.384 e. The highest BCUT2D eigenvalue weighted by molar-refractivity contribution is 6.07. The summed E-state index contributed by atoms with van der Waals surface area (Å²) in [6.07, 6.45) is 0.176. The van der Waals surface area contributed by atoms with E-state index in [9.17, 15) is 0 Å². The van der Waals surface area contributed by atoms with E-state index in [2.05, 4.69) is 18.7 Å². The van der Waals surface area contributed by atoms with E-state index in [1.54, 1.807) is 0 Å². The highest BCUT2D eigenvalue weighted by Crippen LogP contribution is 2.26. The number of para-hydroxylation sites is 1. The Bertz CT molecular complexity index is 685. The third kappa shape index (κ3) is 2.56. The van der Waals surface area contributed by atoms with Gasteiger partial charge in [0.2, 0.25) is 0 Å². The zero-order valence-electron chi connectivity index (χ0n) is 12.3. The van der Waals surface area contributed by atoms with Crippen LogP contribution in [0.3, 0.4) is 0 Å². The minimum atomic E-state index is 0.0730. The molecule has 2 aromatic rings. The van der Waals surface area contributed by atoms with Gasteiger partial charge in [0, 0.05) is 17.5 Å². The predicted molar refractivity (Wildman–Crippen MR) is 85.0 cm³/mol. The Balaban J connectivity index is 2.12. The number of anilines is 1. The summed E-state index contributed by atoms with van der Waals surface area (Å²) < 4.78 is 5.67. The molecule has 0 radical (unpaired) electrons. The quantitative estimate of drug-likeness (QED) is 0.654. The molecule has 0 bridgehead atoms. The van der Waals surface area contributed by atoms with Crippen LogP contribution < -0.4 is 10.6 Å². The molecule has 21 heavy (non-hydrogen) atoms. The third-order valence-electron chi connectivity index (χ3n) is 3.89. The van der Waals surface area contributed by atoms with Crippen molar-refractivity contribution in [1.82, 2.24) is 4.98 Å². The van der Waals surface area contributed by atoms with E-state index in [4.69, 9.17) is 20.9 Å². The Morgan fingerprint density at radius 3 is 2.90 bits per heavy atom. The summed E-state index contributed by atoms with van der Waals surface area (Å²) in [5, 5.41) is 8.74. The number of nitrogen functional groups attached to an aromatic ring is 1. The smallest absolute Gasteiger partial charge is 0.130 e. The fourth-order valence-electron chi connectivity index (χ4n) is 2.75. The van der Waals surface area contributed by atoms with Gasteiger partial charge in [-0.05, 0) is 26.0 Å². The van der Waals surface area contributed by atoms with Crippen LogP contribution in [0.15, 0.2) is 30.3 Å². The Kier molecular flexibility index (Phi) is 3.51. The average Bonchev–Trinajstić information content (AvgIpc) is 2.48. The number of pyridine rings is 1. The molecule has 5 heteroatoms. The number of nitrogens with zero attached hydrogens (tertiary/aromatic N) is 2. The van der Waals surface area contributed by atoms with Crippen LogP contribution in [0.2, 0.25) is 0 Å². The zero-order valence-corrected chi connectivity index (χ0v) is 12.3. The van der Waals surface area contributed by atoms with Crippen molar-refractivity contribution in [3.05, 3.63) is 35.9 Å². The molecule has 2 atom stereocenters. The van der Waals surface area contributed by atoms with Gasteiger partial charge < -0.3 is 15.4 Å². The lowest BCUT2D eigenvalue weighted by Gasteiger charge is -2.38. The van der Waals surface area contributed by atoms with E-state index < -0.39 is 0 Å². The number of aromatic nitrogens is 1. The Labute approximate surface area is 124 Å². The zero-order chi connectivity index (χ0) is 15.0. The minimum absolute atomic E-state index is 0.0730. The molecule has 0 spiro atoms. The van der Waals surface area contributed by atoms with Crippen molar-refractivity contribution in [3.8, 4) is 0 Å². The van der Waals surface area contributed by atoms with Crippen molar-refractivity contribution in [2.75, 3.05) is 18.1 Å². The van der Waals surface area contributed by atoms with E-state index in [-0.39, 0.29) is 18.0 Å². The van der Waals surface area contributed by atoms with Gasteiger partial charge in [0.25, 0.3) is 0 Å². The molecule has 0 amide bonds. The Morgan fingerprint density at radius 1 is 1.38 bits per heavy atom. The normalized spacial score (nSPS) is 22.5. The maximum atomic E-state index is 7.82. The second-order valence-corrected chi connectivity index (χ2v) is 5.60. The predicted octanol–water partition coefficient (Wildman–Crippen LogP) is 2.13. The molecule has 1 saturated heterocycles. The second kappa shape index (κ2) is 5.33. The molecule has 3 N–H and O–H groups in total. The first-order valence-electron chi connectivity index (χ1n) is 7.18.